The largest absolute Gasteiger partial charge is 0.481 e. The molecule has 12 nitrogen and oxygen atoms in total. The molecule has 1 heterocycles. The molecule has 3 amide bonds. The Bertz CT molecular complexity index is 922. The van der Waals surface area contributed by atoms with Gasteiger partial charge >= 0.3 is 5.97 Å². The van der Waals surface area contributed by atoms with Crippen LogP contribution in [0.1, 0.15) is 168 Å². The molecule has 1 fully saturated rings. The number of carbonyl (C=O) groups is 4. The molecule has 1 aliphatic heterocycles. The quantitative estimate of drug-likeness (QED) is 0.0516. The molecular formula is C38H71N3O9. The lowest BCUT2D eigenvalue weighted by atomic mass is 9.94. The summed E-state index contributed by atoms with van der Waals surface area (Å²) in [5.41, 5.74) is 0. The number of aliphatic hydroxyl groups is 3. The predicted octanol–water partition coefficient (Wildman–Crippen LogP) is 5.34. The van der Waals surface area contributed by atoms with Gasteiger partial charge in [-0.25, -0.2) is 0 Å². The molecule has 0 radical (unpaired) electrons. The van der Waals surface area contributed by atoms with Crippen molar-refractivity contribution in [2.45, 2.75) is 199 Å². The Labute approximate surface area is 301 Å². The second kappa shape index (κ2) is 29.3. The summed E-state index contributed by atoms with van der Waals surface area (Å²) < 4.78 is 6.03. The number of carbonyl (C=O) groups excluding carboxylic acids is 3. The van der Waals surface area contributed by atoms with Gasteiger partial charge in [-0.2, -0.15) is 0 Å². The highest BCUT2D eigenvalue weighted by molar-refractivity contribution is 5.86. The van der Waals surface area contributed by atoms with Crippen molar-refractivity contribution in [2.75, 3.05) is 19.7 Å². The molecule has 292 valence electrons. The number of amides is 3. The van der Waals surface area contributed by atoms with Crippen LogP contribution in [0.4, 0.5) is 0 Å². The third-order valence-corrected chi connectivity index (χ3v) is 9.61. The number of aliphatic carboxylic acids is 1. The Morgan fingerprint density at radius 1 is 0.620 bits per heavy atom. The number of hydrogen-bond acceptors (Lipinski definition) is 8. The molecule has 0 spiro atoms. The number of carboxylic acid groups (broad SMARTS) is 1. The molecule has 1 rings (SSSR count). The van der Waals surface area contributed by atoms with E-state index in [1.807, 2.05) is 0 Å². The van der Waals surface area contributed by atoms with Crippen molar-refractivity contribution in [2.24, 2.45) is 0 Å². The Kier molecular flexibility index (Phi) is 26.8. The summed E-state index contributed by atoms with van der Waals surface area (Å²) in [6.45, 7) is 3.68. The number of ether oxygens (including phenoxy) is 1. The molecule has 0 aromatic rings. The van der Waals surface area contributed by atoms with Crippen molar-refractivity contribution in [3.05, 3.63) is 0 Å². The maximum Gasteiger partial charge on any atom is 0.303 e. The zero-order valence-corrected chi connectivity index (χ0v) is 31.3. The number of nitrogens with zero attached hydrogens (tertiary/aromatic N) is 1. The van der Waals surface area contributed by atoms with Gasteiger partial charge in [-0.3, -0.25) is 19.2 Å². The fourth-order valence-corrected chi connectivity index (χ4v) is 6.49. The van der Waals surface area contributed by atoms with Gasteiger partial charge in [-0.15, -0.1) is 0 Å². The highest BCUT2D eigenvalue weighted by Crippen LogP contribution is 2.26. The lowest BCUT2D eigenvalue weighted by Crippen LogP contribution is -2.69. The number of nitrogens with one attached hydrogen (secondary N) is 2. The molecule has 0 saturated carbocycles. The van der Waals surface area contributed by atoms with E-state index in [0.717, 1.165) is 38.5 Å². The summed E-state index contributed by atoms with van der Waals surface area (Å²) >= 11 is 0. The molecule has 0 aromatic carbocycles. The Morgan fingerprint density at radius 3 is 1.58 bits per heavy atom. The van der Waals surface area contributed by atoms with Crippen molar-refractivity contribution >= 4 is 23.7 Å². The van der Waals surface area contributed by atoms with Crippen LogP contribution in [0.15, 0.2) is 0 Å². The topological polar surface area (TPSA) is 186 Å². The minimum atomic E-state index is -1.55. The number of rotatable bonds is 31. The molecule has 0 aromatic heterocycles. The summed E-state index contributed by atoms with van der Waals surface area (Å²) in [6.07, 6.45) is 18.1. The van der Waals surface area contributed by atoms with E-state index in [9.17, 15) is 34.5 Å². The highest BCUT2D eigenvalue weighted by atomic mass is 16.5. The van der Waals surface area contributed by atoms with Crippen LogP contribution in [0, 0.1) is 0 Å². The SMILES string of the molecule is CCCCCCCCCCCCCCN(C(=O)CCCCCCCCCCC)[C@@H]1O[C@H](CO)[C@@H](O)[C@H](O)[C@@H]1NC(=O)CNC(=O)CCC(=O)O. The second-order valence-corrected chi connectivity index (χ2v) is 14.0. The molecule has 12 heteroatoms. The average molecular weight is 714 g/mol. The van der Waals surface area contributed by atoms with Gasteiger partial charge in [0.25, 0.3) is 0 Å². The van der Waals surface area contributed by atoms with E-state index in [4.69, 9.17) is 9.84 Å². The maximum absolute atomic E-state index is 13.8. The number of unbranched alkanes of at least 4 members (excludes halogenated alkanes) is 19. The smallest absolute Gasteiger partial charge is 0.303 e. The molecule has 5 atom stereocenters. The first-order valence-electron chi connectivity index (χ1n) is 19.9. The van der Waals surface area contributed by atoms with Gasteiger partial charge in [0.2, 0.25) is 17.7 Å². The third kappa shape index (κ3) is 20.5. The lowest BCUT2D eigenvalue weighted by Gasteiger charge is -2.47. The number of aliphatic hydroxyl groups excluding tert-OH is 3. The Morgan fingerprint density at radius 2 is 1.10 bits per heavy atom. The molecular weight excluding hydrogens is 642 g/mol. The fourth-order valence-electron chi connectivity index (χ4n) is 6.49. The second-order valence-electron chi connectivity index (χ2n) is 14.0. The molecule has 1 saturated heterocycles. The normalized spacial score (nSPS) is 20.4. The van der Waals surface area contributed by atoms with Crippen molar-refractivity contribution in [3.63, 3.8) is 0 Å². The Balaban J connectivity index is 2.85. The van der Waals surface area contributed by atoms with Gasteiger partial charge in [0, 0.05) is 19.4 Å². The van der Waals surface area contributed by atoms with Crippen molar-refractivity contribution in [3.8, 4) is 0 Å². The highest BCUT2D eigenvalue weighted by Gasteiger charge is 2.48. The van der Waals surface area contributed by atoms with Gasteiger partial charge in [-0.1, -0.05) is 136 Å². The van der Waals surface area contributed by atoms with Gasteiger partial charge in [-0.05, 0) is 12.8 Å². The molecule has 1 aliphatic rings. The maximum atomic E-state index is 13.8. The van der Waals surface area contributed by atoms with Crippen LogP contribution in [0.3, 0.4) is 0 Å². The zero-order valence-electron chi connectivity index (χ0n) is 31.3. The van der Waals surface area contributed by atoms with E-state index in [1.54, 1.807) is 0 Å². The van der Waals surface area contributed by atoms with E-state index < -0.39 is 61.5 Å². The van der Waals surface area contributed by atoms with Crippen molar-refractivity contribution in [1.29, 1.82) is 0 Å². The molecule has 0 unspecified atom stereocenters. The monoisotopic (exact) mass is 714 g/mol. The van der Waals surface area contributed by atoms with Gasteiger partial charge in [0.1, 0.15) is 24.4 Å². The van der Waals surface area contributed by atoms with E-state index >= 15 is 0 Å². The summed E-state index contributed by atoms with van der Waals surface area (Å²) in [4.78, 5) is 50.9. The Hall–Kier alpha value is -2.28. The van der Waals surface area contributed by atoms with Crippen LogP contribution in [-0.4, -0.2) is 99.3 Å². The zero-order chi connectivity index (χ0) is 37.0. The third-order valence-electron chi connectivity index (χ3n) is 9.61. The summed E-state index contributed by atoms with van der Waals surface area (Å²) in [6, 6.07) is -1.22. The van der Waals surface area contributed by atoms with Crippen molar-refractivity contribution < 1.29 is 44.3 Å². The summed E-state index contributed by atoms with van der Waals surface area (Å²) in [5.74, 6) is -2.63. The minimum absolute atomic E-state index is 0.178. The average Bonchev–Trinajstić information content (AvgIpc) is 3.10. The number of hydrogen-bond donors (Lipinski definition) is 6. The molecule has 6 N–H and O–H groups in total. The van der Waals surface area contributed by atoms with Crippen LogP contribution >= 0.6 is 0 Å². The van der Waals surface area contributed by atoms with Crippen LogP contribution in [0.5, 0.6) is 0 Å². The van der Waals surface area contributed by atoms with Crippen LogP contribution in [0.25, 0.3) is 0 Å². The predicted molar refractivity (Wildman–Crippen MR) is 194 cm³/mol. The van der Waals surface area contributed by atoms with Gasteiger partial charge in [0.15, 0.2) is 6.23 Å². The summed E-state index contributed by atoms with van der Waals surface area (Å²) in [7, 11) is 0. The number of carboxylic acids is 1. The van der Waals surface area contributed by atoms with E-state index in [1.165, 1.54) is 88.4 Å². The molecule has 0 aliphatic carbocycles. The molecule has 0 bridgehead atoms. The first kappa shape index (κ1) is 45.7. The summed E-state index contributed by atoms with van der Waals surface area (Å²) in [5, 5.41) is 45.5. The van der Waals surface area contributed by atoms with Crippen LogP contribution in [-0.2, 0) is 23.9 Å². The molecule has 50 heavy (non-hydrogen) atoms. The van der Waals surface area contributed by atoms with Crippen molar-refractivity contribution in [1.82, 2.24) is 15.5 Å². The van der Waals surface area contributed by atoms with E-state index in [2.05, 4.69) is 24.5 Å². The van der Waals surface area contributed by atoms with Gasteiger partial charge in [0.05, 0.1) is 19.6 Å². The van der Waals surface area contributed by atoms with Crippen LogP contribution in [0.2, 0.25) is 0 Å². The minimum Gasteiger partial charge on any atom is -0.481 e. The van der Waals surface area contributed by atoms with Gasteiger partial charge < -0.3 is 40.7 Å². The fraction of sp³-hybridized carbons (Fsp3) is 0.895. The van der Waals surface area contributed by atoms with Crippen LogP contribution < -0.4 is 10.6 Å². The van der Waals surface area contributed by atoms with E-state index in [-0.39, 0.29) is 25.2 Å². The first-order valence-corrected chi connectivity index (χ1v) is 19.9. The first-order chi connectivity index (χ1) is 24.2. The standard InChI is InChI=1S/C38H71N3O9/c1-3-5-7-9-11-13-14-15-17-19-21-23-27-41(33(45)24-22-20-18-16-12-10-8-6-4-2)38-35(37(49)36(48)30(29-42)50-38)40-32(44)28-39-31(43)25-26-34(46)47/h30,35-38,42,48-49H,3-29H2,1-2H3,(H,39,43)(H,40,44)(H,46,47)/t30-,35+,36-,37-,38-/m1/s1. The lowest BCUT2D eigenvalue weighted by molar-refractivity contribution is -0.231. The van der Waals surface area contributed by atoms with E-state index in [0.29, 0.717) is 19.4 Å².